The molecule has 0 aliphatic carbocycles. The number of hydrogen-bond acceptors (Lipinski definition) is 3. The van der Waals surface area contributed by atoms with E-state index in [4.69, 9.17) is 0 Å². The number of carbonyl (C=O) groups excluding carboxylic acids is 2. The van der Waals surface area contributed by atoms with Gasteiger partial charge in [-0.15, -0.1) is 0 Å². The zero-order valence-corrected chi connectivity index (χ0v) is 15.8. The third-order valence-corrected chi connectivity index (χ3v) is 5.11. The van der Waals surface area contributed by atoms with E-state index >= 15 is 0 Å². The van der Waals surface area contributed by atoms with Gasteiger partial charge in [0.2, 0.25) is 0 Å². The summed E-state index contributed by atoms with van der Waals surface area (Å²) in [6.45, 7) is 5.36. The molecule has 1 saturated heterocycles. The molecular formula is C22H26N2O3. The van der Waals surface area contributed by atoms with Crippen molar-refractivity contribution in [3.05, 3.63) is 59.7 Å². The zero-order valence-electron chi connectivity index (χ0n) is 15.8. The normalized spacial score (nSPS) is 15.0. The fraction of sp³-hybridized carbons (Fsp3) is 0.364. The summed E-state index contributed by atoms with van der Waals surface area (Å²) in [5.74, 6) is 0.561. The smallest absolute Gasteiger partial charge is 0.321 e. The molecule has 0 bridgehead atoms. The molecule has 2 aromatic carbocycles. The molecule has 3 rings (SSSR count). The summed E-state index contributed by atoms with van der Waals surface area (Å²) in [4.78, 5) is 26.9. The lowest BCUT2D eigenvalue weighted by Gasteiger charge is -2.31. The number of carbonyl (C=O) groups is 2. The van der Waals surface area contributed by atoms with Crippen LogP contribution in [0.15, 0.2) is 48.5 Å². The SMILES string of the molecule is CC(C)c1cccc(NC(=O)N2CCC(C(=O)c3ccc(O)cc3)CC2)c1. The van der Waals surface area contributed by atoms with Gasteiger partial charge in [-0.05, 0) is 60.7 Å². The van der Waals surface area contributed by atoms with Crippen LogP contribution in [0.25, 0.3) is 0 Å². The average Bonchev–Trinajstić information content (AvgIpc) is 2.68. The Hall–Kier alpha value is -2.82. The zero-order chi connectivity index (χ0) is 19.4. The summed E-state index contributed by atoms with van der Waals surface area (Å²) in [6, 6.07) is 14.1. The fourth-order valence-electron chi connectivity index (χ4n) is 3.38. The Bertz CT molecular complexity index is 807. The van der Waals surface area contributed by atoms with Gasteiger partial charge < -0.3 is 15.3 Å². The summed E-state index contributed by atoms with van der Waals surface area (Å²) in [5.41, 5.74) is 2.60. The lowest BCUT2D eigenvalue weighted by Crippen LogP contribution is -2.42. The Labute approximate surface area is 160 Å². The van der Waals surface area contributed by atoms with Gasteiger partial charge in [-0.3, -0.25) is 4.79 Å². The molecule has 0 unspecified atom stereocenters. The first-order chi connectivity index (χ1) is 12.9. The number of urea groups is 1. The Kier molecular flexibility index (Phi) is 5.79. The maximum absolute atomic E-state index is 12.6. The molecule has 1 aliphatic rings. The van der Waals surface area contributed by atoms with E-state index in [9.17, 15) is 14.7 Å². The van der Waals surface area contributed by atoms with Crippen LogP contribution in [-0.4, -0.2) is 34.9 Å². The number of hydrogen-bond donors (Lipinski definition) is 2. The Morgan fingerprint density at radius 3 is 2.37 bits per heavy atom. The number of aromatic hydroxyl groups is 1. The molecule has 0 saturated carbocycles. The lowest BCUT2D eigenvalue weighted by atomic mass is 9.89. The van der Waals surface area contributed by atoms with Gasteiger partial charge in [0, 0.05) is 30.3 Å². The van der Waals surface area contributed by atoms with Crippen molar-refractivity contribution in [3.8, 4) is 5.75 Å². The molecular weight excluding hydrogens is 340 g/mol. The average molecular weight is 366 g/mol. The summed E-state index contributed by atoms with van der Waals surface area (Å²) >= 11 is 0. The number of rotatable bonds is 4. The molecule has 5 nitrogen and oxygen atoms in total. The van der Waals surface area contributed by atoms with Crippen molar-refractivity contribution in [1.82, 2.24) is 4.90 Å². The van der Waals surface area contributed by atoms with Crippen LogP contribution in [0.5, 0.6) is 5.75 Å². The van der Waals surface area contributed by atoms with E-state index in [1.165, 1.54) is 17.7 Å². The second kappa shape index (κ2) is 8.25. The number of nitrogens with zero attached hydrogens (tertiary/aromatic N) is 1. The molecule has 2 N–H and O–H groups in total. The van der Waals surface area contributed by atoms with Gasteiger partial charge in [-0.25, -0.2) is 4.79 Å². The lowest BCUT2D eigenvalue weighted by molar-refractivity contribution is 0.0859. The first-order valence-corrected chi connectivity index (χ1v) is 9.43. The number of ketones is 1. The fourth-order valence-corrected chi connectivity index (χ4v) is 3.38. The number of phenolic OH excluding ortho intramolecular Hbond substituents is 1. The standard InChI is InChI=1S/C22H26N2O3/c1-15(2)18-4-3-5-19(14-18)23-22(27)24-12-10-17(11-13-24)21(26)16-6-8-20(25)9-7-16/h3-9,14-15,17,25H,10-13H2,1-2H3,(H,23,27). The highest BCUT2D eigenvalue weighted by molar-refractivity contribution is 5.98. The number of Topliss-reactive ketones (excluding diaryl/α,β-unsaturated/α-hetero) is 1. The van der Waals surface area contributed by atoms with Crippen molar-refractivity contribution in [2.24, 2.45) is 5.92 Å². The van der Waals surface area contributed by atoms with Gasteiger partial charge in [0.25, 0.3) is 0 Å². The molecule has 0 spiro atoms. The first-order valence-electron chi connectivity index (χ1n) is 9.43. The van der Waals surface area contributed by atoms with Crippen LogP contribution in [-0.2, 0) is 0 Å². The molecule has 0 atom stereocenters. The second-order valence-electron chi connectivity index (χ2n) is 7.38. The minimum absolute atomic E-state index is 0.0807. The van der Waals surface area contributed by atoms with Crippen molar-refractivity contribution in [3.63, 3.8) is 0 Å². The summed E-state index contributed by atoms with van der Waals surface area (Å²) < 4.78 is 0. The van der Waals surface area contributed by atoms with Crippen LogP contribution in [0.1, 0.15) is 48.5 Å². The Balaban J connectivity index is 1.55. The Morgan fingerprint density at radius 2 is 1.74 bits per heavy atom. The monoisotopic (exact) mass is 366 g/mol. The maximum Gasteiger partial charge on any atom is 0.321 e. The van der Waals surface area contributed by atoms with E-state index in [0.29, 0.717) is 37.4 Å². The molecule has 1 fully saturated rings. The number of amides is 2. The first kappa shape index (κ1) is 19.0. The van der Waals surface area contributed by atoms with E-state index in [-0.39, 0.29) is 23.5 Å². The number of phenols is 1. The number of piperidine rings is 1. The van der Waals surface area contributed by atoms with Crippen molar-refractivity contribution in [2.45, 2.75) is 32.6 Å². The van der Waals surface area contributed by atoms with E-state index in [0.717, 1.165) is 5.69 Å². The maximum atomic E-state index is 12.6. The van der Waals surface area contributed by atoms with Gasteiger partial charge in [-0.1, -0.05) is 26.0 Å². The van der Waals surface area contributed by atoms with Crippen molar-refractivity contribution < 1.29 is 14.7 Å². The van der Waals surface area contributed by atoms with Gasteiger partial charge >= 0.3 is 6.03 Å². The van der Waals surface area contributed by atoms with Crippen LogP contribution >= 0.6 is 0 Å². The molecule has 1 heterocycles. The largest absolute Gasteiger partial charge is 0.508 e. The number of anilines is 1. The molecule has 1 aliphatic heterocycles. The third kappa shape index (κ3) is 4.67. The van der Waals surface area contributed by atoms with Gasteiger partial charge in [0.05, 0.1) is 0 Å². The molecule has 142 valence electrons. The Morgan fingerprint density at radius 1 is 1.07 bits per heavy atom. The molecule has 27 heavy (non-hydrogen) atoms. The van der Waals surface area contributed by atoms with E-state index in [2.05, 4.69) is 25.2 Å². The minimum atomic E-state index is -0.119. The minimum Gasteiger partial charge on any atom is -0.508 e. The van der Waals surface area contributed by atoms with Crippen LogP contribution < -0.4 is 5.32 Å². The summed E-state index contributed by atoms with van der Waals surface area (Å²) in [6.07, 6.45) is 1.30. The van der Waals surface area contributed by atoms with Gasteiger partial charge in [-0.2, -0.15) is 0 Å². The van der Waals surface area contributed by atoms with E-state index < -0.39 is 0 Å². The summed E-state index contributed by atoms with van der Waals surface area (Å²) in [5, 5.41) is 12.3. The molecule has 2 amide bonds. The third-order valence-electron chi connectivity index (χ3n) is 5.11. The van der Waals surface area contributed by atoms with Crippen LogP contribution in [0.2, 0.25) is 0 Å². The highest BCUT2D eigenvalue weighted by Gasteiger charge is 2.28. The molecule has 5 heteroatoms. The predicted molar refractivity (Wildman–Crippen MR) is 106 cm³/mol. The van der Waals surface area contributed by atoms with E-state index in [1.54, 1.807) is 17.0 Å². The predicted octanol–water partition coefficient (Wildman–Crippen LogP) is 4.64. The number of benzene rings is 2. The van der Waals surface area contributed by atoms with Crippen molar-refractivity contribution >= 4 is 17.5 Å². The van der Waals surface area contributed by atoms with E-state index in [1.807, 2.05) is 18.2 Å². The summed E-state index contributed by atoms with van der Waals surface area (Å²) in [7, 11) is 0. The quantitative estimate of drug-likeness (QED) is 0.774. The topological polar surface area (TPSA) is 69.6 Å². The number of likely N-dealkylation sites (tertiary alicyclic amines) is 1. The van der Waals surface area contributed by atoms with Gasteiger partial charge in [0.1, 0.15) is 5.75 Å². The molecule has 2 aromatic rings. The van der Waals surface area contributed by atoms with Gasteiger partial charge in [0.15, 0.2) is 5.78 Å². The molecule has 0 aromatic heterocycles. The van der Waals surface area contributed by atoms with Crippen molar-refractivity contribution in [1.29, 1.82) is 0 Å². The molecule has 0 radical (unpaired) electrons. The van der Waals surface area contributed by atoms with Crippen LogP contribution in [0.3, 0.4) is 0 Å². The van der Waals surface area contributed by atoms with Crippen LogP contribution in [0.4, 0.5) is 10.5 Å². The van der Waals surface area contributed by atoms with Crippen LogP contribution in [0, 0.1) is 5.92 Å². The second-order valence-corrected chi connectivity index (χ2v) is 7.38. The highest BCUT2D eigenvalue weighted by atomic mass is 16.3. The van der Waals surface area contributed by atoms with Crippen molar-refractivity contribution in [2.75, 3.05) is 18.4 Å². The number of nitrogens with one attached hydrogen (secondary N) is 1. The highest BCUT2D eigenvalue weighted by Crippen LogP contribution is 2.24.